The number of amides is 1. The minimum atomic E-state index is 0.0603. The monoisotopic (exact) mass is 275 g/mol. The topological polar surface area (TPSA) is 45.2 Å². The van der Waals surface area contributed by atoms with Crippen molar-refractivity contribution in [3.63, 3.8) is 0 Å². The number of aromatic nitrogens is 1. The standard InChI is InChI=1S/C16H25N3O/c1-12(2)11-18-14-4-7-17-15(10-14)16(20)19-8-5-13(3)6-9-19/h4,7,10,12-13H,5-6,8-9,11H2,1-3H3,(H,17,18). The van der Waals surface area contributed by atoms with Gasteiger partial charge < -0.3 is 10.2 Å². The largest absolute Gasteiger partial charge is 0.385 e. The van der Waals surface area contributed by atoms with E-state index in [4.69, 9.17) is 0 Å². The molecule has 1 saturated heterocycles. The van der Waals surface area contributed by atoms with Crippen molar-refractivity contribution in [2.24, 2.45) is 11.8 Å². The maximum atomic E-state index is 12.4. The van der Waals surface area contributed by atoms with Gasteiger partial charge in [-0.2, -0.15) is 0 Å². The average molecular weight is 275 g/mol. The van der Waals surface area contributed by atoms with Gasteiger partial charge in [0.25, 0.3) is 5.91 Å². The molecule has 110 valence electrons. The van der Waals surface area contributed by atoms with E-state index in [0.29, 0.717) is 11.6 Å². The molecule has 0 radical (unpaired) electrons. The number of likely N-dealkylation sites (tertiary alicyclic amines) is 1. The lowest BCUT2D eigenvalue weighted by Crippen LogP contribution is -2.38. The number of pyridine rings is 1. The van der Waals surface area contributed by atoms with E-state index in [-0.39, 0.29) is 5.91 Å². The van der Waals surface area contributed by atoms with Crippen LogP contribution in [0.2, 0.25) is 0 Å². The van der Waals surface area contributed by atoms with E-state index in [1.807, 2.05) is 17.0 Å². The summed E-state index contributed by atoms with van der Waals surface area (Å²) in [6, 6.07) is 3.78. The van der Waals surface area contributed by atoms with E-state index in [9.17, 15) is 4.79 Å². The van der Waals surface area contributed by atoms with Gasteiger partial charge in [-0.15, -0.1) is 0 Å². The second kappa shape index (κ2) is 6.73. The maximum Gasteiger partial charge on any atom is 0.272 e. The van der Waals surface area contributed by atoms with E-state index in [0.717, 1.165) is 44.1 Å². The summed E-state index contributed by atoms with van der Waals surface area (Å²) in [5.74, 6) is 1.36. The number of hydrogen-bond acceptors (Lipinski definition) is 3. The fourth-order valence-electron chi connectivity index (χ4n) is 2.35. The third kappa shape index (κ3) is 3.95. The van der Waals surface area contributed by atoms with Gasteiger partial charge >= 0.3 is 0 Å². The number of carbonyl (C=O) groups is 1. The van der Waals surface area contributed by atoms with Crippen LogP contribution in [0.25, 0.3) is 0 Å². The molecular weight excluding hydrogens is 250 g/mol. The number of rotatable bonds is 4. The first kappa shape index (κ1) is 14.8. The highest BCUT2D eigenvalue weighted by atomic mass is 16.2. The molecule has 1 aromatic rings. The molecule has 1 fully saturated rings. The third-order valence-corrected chi connectivity index (χ3v) is 3.76. The molecule has 1 N–H and O–H groups in total. The van der Waals surface area contributed by atoms with Crippen molar-refractivity contribution in [2.45, 2.75) is 33.6 Å². The fraction of sp³-hybridized carbons (Fsp3) is 0.625. The van der Waals surface area contributed by atoms with Crippen LogP contribution in [-0.4, -0.2) is 35.4 Å². The van der Waals surface area contributed by atoms with Crippen LogP contribution in [-0.2, 0) is 0 Å². The number of carbonyl (C=O) groups excluding carboxylic acids is 1. The van der Waals surface area contributed by atoms with Crippen molar-refractivity contribution in [1.82, 2.24) is 9.88 Å². The number of hydrogen-bond donors (Lipinski definition) is 1. The SMILES string of the molecule is CC(C)CNc1ccnc(C(=O)N2CCC(C)CC2)c1. The summed E-state index contributed by atoms with van der Waals surface area (Å²) in [5.41, 5.74) is 1.52. The van der Waals surface area contributed by atoms with Crippen LogP contribution in [0.5, 0.6) is 0 Å². The van der Waals surface area contributed by atoms with Gasteiger partial charge in [0.1, 0.15) is 5.69 Å². The molecule has 0 unspecified atom stereocenters. The van der Waals surface area contributed by atoms with E-state index in [1.54, 1.807) is 6.20 Å². The summed E-state index contributed by atoms with van der Waals surface area (Å²) >= 11 is 0. The molecule has 1 amide bonds. The Bertz CT molecular complexity index is 451. The molecule has 4 nitrogen and oxygen atoms in total. The van der Waals surface area contributed by atoms with E-state index < -0.39 is 0 Å². The molecule has 0 aliphatic carbocycles. The Kier molecular flexibility index (Phi) is 4.99. The minimum absolute atomic E-state index is 0.0603. The van der Waals surface area contributed by atoms with E-state index in [2.05, 4.69) is 31.1 Å². The first-order valence-electron chi connectivity index (χ1n) is 7.55. The molecular formula is C16H25N3O. The van der Waals surface area contributed by atoms with Crippen LogP contribution in [0, 0.1) is 11.8 Å². The Hall–Kier alpha value is -1.58. The molecule has 0 atom stereocenters. The minimum Gasteiger partial charge on any atom is -0.385 e. The van der Waals surface area contributed by atoms with Gasteiger partial charge in [-0.3, -0.25) is 9.78 Å². The molecule has 4 heteroatoms. The molecule has 1 aliphatic rings. The lowest BCUT2D eigenvalue weighted by atomic mass is 9.99. The van der Waals surface area contributed by atoms with Gasteiger partial charge in [-0.25, -0.2) is 0 Å². The van der Waals surface area contributed by atoms with Gasteiger partial charge in [0, 0.05) is 31.5 Å². The second-order valence-corrected chi connectivity index (χ2v) is 6.18. The maximum absolute atomic E-state index is 12.4. The van der Waals surface area contributed by atoms with Crippen LogP contribution in [0.15, 0.2) is 18.3 Å². The summed E-state index contributed by atoms with van der Waals surface area (Å²) in [4.78, 5) is 18.6. The van der Waals surface area contributed by atoms with Crippen LogP contribution < -0.4 is 5.32 Å². The Labute approximate surface area is 121 Å². The summed E-state index contributed by atoms with van der Waals surface area (Å²) in [6.45, 7) is 9.18. The predicted octanol–water partition coefficient (Wildman–Crippen LogP) is 3.02. The number of nitrogens with one attached hydrogen (secondary N) is 1. The van der Waals surface area contributed by atoms with Crippen molar-refractivity contribution in [1.29, 1.82) is 0 Å². The predicted molar refractivity (Wildman–Crippen MR) is 81.9 cm³/mol. The molecule has 1 aromatic heterocycles. The zero-order valence-electron chi connectivity index (χ0n) is 12.7. The summed E-state index contributed by atoms with van der Waals surface area (Å²) in [7, 11) is 0. The molecule has 2 heterocycles. The Morgan fingerprint density at radius 2 is 2.15 bits per heavy atom. The normalized spacial score (nSPS) is 16.5. The summed E-state index contributed by atoms with van der Waals surface area (Å²) in [6.07, 6.45) is 3.90. The van der Waals surface area contributed by atoms with Crippen LogP contribution in [0.3, 0.4) is 0 Å². The molecule has 20 heavy (non-hydrogen) atoms. The van der Waals surface area contributed by atoms with Gasteiger partial charge in [0.05, 0.1) is 0 Å². The van der Waals surface area contributed by atoms with Gasteiger partial charge in [-0.1, -0.05) is 20.8 Å². The third-order valence-electron chi connectivity index (χ3n) is 3.76. The molecule has 0 bridgehead atoms. The molecule has 0 aromatic carbocycles. The highest BCUT2D eigenvalue weighted by molar-refractivity contribution is 5.93. The van der Waals surface area contributed by atoms with Crippen molar-refractivity contribution >= 4 is 11.6 Å². The van der Waals surface area contributed by atoms with Crippen molar-refractivity contribution in [2.75, 3.05) is 25.0 Å². The first-order valence-corrected chi connectivity index (χ1v) is 7.55. The van der Waals surface area contributed by atoms with Crippen molar-refractivity contribution in [3.05, 3.63) is 24.0 Å². The van der Waals surface area contributed by atoms with E-state index in [1.165, 1.54) is 0 Å². The molecule has 1 aliphatic heterocycles. The zero-order chi connectivity index (χ0) is 14.5. The lowest BCUT2D eigenvalue weighted by Gasteiger charge is -2.30. The van der Waals surface area contributed by atoms with Crippen molar-refractivity contribution < 1.29 is 4.79 Å². The lowest BCUT2D eigenvalue weighted by molar-refractivity contribution is 0.0691. The number of nitrogens with zero attached hydrogens (tertiary/aromatic N) is 2. The van der Waals surface area contributed by atoms with Crippen molar-refractivity contribution in [3.8, 4) is 0 Å². The zero-order valence-corrected chi connectivity index (χ0v) is 12.7. The number of piperidine rings is 1. The number of anilines is 1. The Morgan fingerprint density at radius 1 is 1.45 bits per heavy atom. The molecule has 0 saturated carbocycles. The quantitative estimate of drug-likeness (QED) is 0.918. The Morgan fingerprint density at radius 3 is 2.80 bits per heavy atom. The molecule has 0 spiro atoms. The second-order valence-electron chi connectivity index (χ2n) is 6.18. The van der Waals surface area contributed by atoms with E-state index >= 15 is 0 Å². The van der Waals surface area contributed by atoms with Crippen LogP contribution >= 0.6 is 0 Å². The molecule has 2 rings (SSSR count). The summed E-state index contributed by atoms with van der Waals surface area (Å²) in [5, 5.41) is 3.34. The fourth-order valence-corrected chi connectivity index (χ4v) is 2.35. The average Bonchev–Trinajstić information content (AvgIpc) is 2.45. The smallest absolute Gasteiger partial charge is 0.272 e. The highest BCUT2D eigenvalue weighted by Gasteiger charge is 2.22. The van der Waals surface area contributed by atoms with Gasteiger partial charge in [0.2, 0.25) is 0 Å². The van der Waals surface area contributed by atoms with Gasteiger partial charge in [0.15, 0.2) is 0 Å². The van der Waals surface area contributed by atoms with Crippen LogP contribution in [0.4, 0.5) is 5.69 Å². The Balaban J connectivity index is 2.00. The van der Waals surface area contributed by atoms with Crippen LogP contribution in [0.1, 0.15) is 44.1 Å². The first-order chi connectivity index (χ1) is 9.56. The van der Waals surface area contributed by atoms with Gasteiger partial charge in [-0.05, 0) is 36.8 Å². The highest BCUT2D eigenvalue weighted by Crippen LogP contribution is 2.18. The summed E-state index contributed by atoms with van der Waals surface area (Å²) < 4.78 is 0.